The van der Waals surface area contributed by atoms with Gasteiger partial charge in [-0.3, -0.25) is 4.98 Å². The maximum Gasteiger partial charge on any atom is 0.0735 e. The summed E-state index contributed by atoms with van der Waals surface area (Å²) in [7, 11) is 2.22. The van der Waals surface area contributed by atoms with E-state index in [2.05, 4.69) is 23.0 Å². The molecule has 2 bridgehead atoms. The smallest absolute Gasteiger partial charge is 0.0735 e. The summed E-state index contributed by atoms with van der Waals surface area (Å²) < 4.78 is 6.14. The van der Waals surface area contributed by atoms with Crippen molar-refractivity contribution in [2.75, 3.05) is 20.1 Å². The summed E-state index contributed by atoms with van der Waals surface area (Å²) in [6.45, 7) is 3.12. The fourth-order valence-electron chi connectivity index (χ4n) is 3.36. The molecule has 0 aromatic carbocycles. The third-order valence-corrected chi connectivity index (χ3v) is 4.10. The molecular formula is C14H20N2O. The van der Waals surface area contributed by atoms with Crippen LogP contribution in [0.25, 0.3) is 0 Å². The largest absolute Gasteiger partial charge is 0.373 e. The number of fused-ring (bicyclic) bond motifs is 2. The van der Waals surface area contributed by atoms with Crippen molar-refractivity contribution in [1.29, 1.82) is 0 Å². The van der Waals surface area contributed by atoms with Gasteiger partial charge in [-0.25, -0.2) is 0 Å². The molecule has 0 radical (unpaired) electrons. The lowest BCUT2D eigenvalue weighted by atomic mass is 9.95. The Bertz CT molecular complexity index is 354. The van der Waals surface area contributed by atoms with Crippen LogP contribution in [0, 0.1) is 11.8 Å². The van der Waals surface area contributed by atoms with E-state index in [4.69, 9.17) is 4.74 Å². The van der Waals surface area contributed by atoms with E-state index in [1.54, 1.807) is 0 Å². The number of piperidine rings is 1. The zero-order chi connectivity index (χ0) is 11.7. The standard InChI is InChI=1S/C14H20N2O/c1-16-8-12-4-5-13(9-16)14(12)17-10-11-3-2-6-15-7-11/h2-3,6-7,12-14H,4-5,8-10H2,1H3/t12-,13+,14?. The highest BCUT2D eigenvalue weighted by Gasteiger charge is 2.41. The van der Waals surface area contributed by atoms with Crippen molar-refractivity contribution < 1.29 is 4.74 Å². The molecular weight excluding hydrogens is 212 g/mol. The molecule has 1 aromatic heterocycles. The van der Waals surface area contributed by atoms with Gasteiger partial charge in [-0.1, -0.05) is 6.07 Å². The quantitative estimate of drug-likeness (QED) is 0.796. The summed E-state index contributed by atoms with van der Waals surface area (Å²) in [6.07, 6.45) is 6.87. The van der Waals surface area contributed by atoms with Crippen LogP contribution in [0.3, 0.4) is 0 Å². The Morgan fingerprint density at radius 1 is 1.35 bits per heavy atom. The van der Waals surface area contributed by atoms with Crippen molar-refractivity contribution in [3.8, 4) is 0 Å². The Kier molecular flexibility index (Phi) is 3.12. The lowest BCUT2D eigenvalue weighted by Gasteiger charge is -2.35. The molecule has 0 spiro atoms. The Morgan fingerprint density at radius 3 is 2.76 bits per heavy atom. The monoisotopic (exact) mass is 232 g/mol. The van der Waals surface area contributed by atoms with Gasteiger partial charge in [0.2, 0.25) is 0 Å². The van der Waals surface area contributed by atoms with Crippen LogP contribution in [-0.2, 0) is 11.3 Å². The van der Waals surface area contributed by atoms with Crippen molar-refractivity contribution in [3.05, 3.63) is 30.1 Å². The fourth-order valence-corrected chi connectivity index (χ4v) is 3.36. The van der Waals surface area contributed by atoms with Crippen molar-refractivity contribution in [2.24, 2.45) is 11.8 Å². The molecule has 1 unspecified atom stereocenters. The minimum Gasteiger partial charge on any atom is -0.373 e. The fraction of sp³-hybridized carbons (Fsp3) is 0.643. The molecule has 1 saturated carbocycles. The predicted molar refractivity (Wildman–Crippen MR) is 66.5 cm³/mol. The van der Waals surface area contributed by atoms with E-state index < -0.39 is 0 Å². The zero-order valence-electron chi connectivity index (χ0n) is 10.4. The normalized spacial score (nSPS) is 32.9. The lowest BCUT2D eigenvalue weighted by molar-refractivity contribution is -0.0460. The minimum atomic E-state index is 0.478. The molecule has 2 heterocycles. The molecule has 1 saturated heterocycles. The minimum absolute atomic E-state index is 0.478. The van der Waals surface area contributed by atoms with Gasteiger partial charge in [-0.05, 0) is 43.4 Å². The molecule has 0 N–H and O–H groups in total. The first-order valence-electron chi connectivity index (χ1n) is 6.52. The number of hydrogen-bond acceptors (Lipinski definition) is 3. The highest BCUT2D eigenvalue weighted by Crippen LogP contribution is 2.38. The van der Waals surface area contributed by atoms with E-state index in [1.807, 2.05) is 18.5 Å². The average Bonchev–Trinajstić information content (AvgIpc) is 2.59. The van der Waals surface area contributed by atoms with Gasteiger partial charge in [-0.2, -0.15) is 0 Å². The average molecular weight is 232 g/mol. The molecule has 2 aliphatic rings. The van der Waals surface area contributed by atoms with Gasteiger partial charge in [0.15, 0.2) is 0 Å². The van der Waals surface area contributed by atoms with Crippen LogP contribution in [0.5, 0.6) is 0 Å². The van der Waals surface area contributed by atoms with Crippen LogP contribution < -0.4 is 0 Å². The van der Waals surface area contributed by atoms with E-state index in [9.17, 15) is 0 Å². The van der Waals surface area contributed by atoms with Gasteiger partial charge in [0, 0.05) is 25.5 Å². The summed E-state index contributed by atoms with van der Waals surface area (Å²) in [4.78, 5) is 6.58. The van der Waals surface area contributed by atoms with E-state index in [1.165, 1.54) is 31.5 Å². The molecule has 1 aliphatic heterocycles. The van der Waals surface area contributed by atoms with Crippen LogP contribution in [-0.4, -0.2) is 36.1 Å². The van der Waals surface area contributed by atoms with Crippen LogP contribution in [0.15, 0.2) is 24.5 Å². The van der Waals surface area contributed by atoms with Gasteiger partial charge in [0.05, 0.1) is 12.7 Å². The Hall–Kier alpha value is -0.930. The second-order valence-electron chi connectivity index (χ2n) is 5.46. The number of likely N-dealkylation sites (tertiary alicyclic amines) is 1. The molecule has 92 valence electrons. The lowest BCUT2D eigenvalue weighted by Crippen LogP contribution is -2.43. The highest BCUT2D eigenvalue weighted by molar-refractivity contribution is 5.07. The molecule has 3 heteroatoms. The van der Waals surface area contributed by atoms with Gasteiger partial charge < -0.3 is 9.64 Å². The molecule has 2 fully saturated rings. The number of rotatable bonds is 3. The molecule has 17 heavy (non-hydrogen) atoms. The second kappa shape index (κ2) is 4.75. The van der Waals surface area contributed by atoms with Gasteiger partial charge in [0.1, 0.15) is 0 Å². The third-order valence-electron chi connectivity index (χ3n) is 4.10. The van der Waals surface area contributed by atoms with E-state index in [0.717, 1.165) is 18.4 Å². The maximum atomic E-state index is 6.14. The van der Waals surface area contributed by atoms with Gasteiger partial charge in [0.25, 0.3) is 0 Å². The summed E-state index contributed by atoms with van der Waals surface area (Å²) in [5, 5.41) is 0. The third kappa shape index (κ3) is 2.35. The summed E-state index contributed by atoms with van der Waals surface area (Å²) in [5.41, 5.74) is 1.19. The number of ether oxygens (including phenoxy) is 1. The highest BCUT2D eigenvalue weighted by atomic mass is 16.5. The van der Waals surface area contributed by atoms with Crippen LogP contribution >= 0.6 is 0 Å². The van der Waals surface area contributed by atoms with E-state index in [-0.39, 0.29) is 0 Å². The summed E-state index contributed by atoms with van der Waals surface area (Å²) in [5.74, 6) is 1.49. The van der Waals surface area contributed by atoms with Crippen LogP contribution in [0.4, 0.5) is 0 Å². The summed E-state index contributed by atoms with van der Waals surface area (Å²) in [6, 6.07) is 4.06. The molecule has 0 amide bonds. The van der Waals surface area contributed by atoms with E-state index in [0.29, 0.717) is 6.10 Å². The zero-order valence-corrected chi connectivity index (χ0v) is 10.4. The van der Waals surface area contributed by atoms with Crippen molar-refractivity contribution in [2.45, 2.75) is 25.6 Å². The molecule has 3 nitrogen and oxygen atoms in total. The summed E-state index contributed by atoms with van der Waals surface area (Å²) >= 11 is 0. The van der Waals surface area contributed by atoms with Gasteiger partial charge >= 0.3 is 0 Å². The van der Waals surface area contributed by atoms with Gasteiger partial charge in [-0.15, -0.1) is 0 Å². The topological polar surface area (TPSA) is 25.4 Å². The Balaban J connectivity index is 1.60. The SMILES string of the molecule is CN1C[C@H]2CC[C@@H](C1)C2OCc1cccnc1. The molecule has 3 atom stereocenters. The van der Waals surface area contributed by atoms with Crippen LogP contribution in [0.1, 0.15) is 18.4 Å². The first-order valence-corrected chi connectivity index (χ1v) is 6.52. The number of nitrogens with zero attached hydrogens (tertiary/aromatic N) is 2. The maximum absolute atomic E-state index is 6.14. The van der Waals surface area contributed by atoms with Crippen molar-refractivity contribution in [3.63, 3.8) is 0 Å². The molecule has 1 aliphatic carbocycles. The first kappa shape index (κ1) is 11.2. The molecule has 1 aromatic rings. The number of hydrogen-bond donors (Lipinski definition) is 0. The number of pyridine rings is 1. The Labute approximate surface area is 103 Å². The van der Waals surface area contributed by atoms with Crippen molar-refractivity contribution >= 4 is 0 Å². The first-order chi connectivity index (χ1) is 8.33. The Morgan fingerprint density at radius 2 is 2.12 bits per heavy atom. The molecule has 3 rings (SSSR count). The van der Waals surface area contributed by atoms with E-state index >= 15 is 0 Å². The second-order valence-corrected chi connectivity index (χ2v) is 5.46. The predicted octanol–water partition coefficient (Wildman–Crippen LogP) is 1.94. The van der Waals surface area contributed by atoms with Crippen LogP contribution in [0.2, 0.25) is 0 Å². The number of aromatic nitrogens is 1. The van der Waals surface area contributed by atoms with Crippen molar-refractivity contribution in [1.82, 2.24) is 9.88 Å².